The quantitative estimate of drug-likeness (QED) is 0.614. The molecule has 0 spiro atoms. The Bertz CT molecular complexity index is 668. The molecule has 0 saturated carbocycles. The molecule has 3 heterocycles. The van der Waals surface area contributed by atoms with Gasteiger partial charge in [-0.2, -0.15) is 0 Å². The summed E-state index contributed by atoms with van der Waals surface area (Å²) >= 11 is 0. The van der Waals surface area contributed by atoms with Crippen molar-refractivity contribution >= 4 is 11.9 Å². The molecule has 23 heavy (non-hydrogen) atoms. The first-order chi connectivity index (χ1) is 10.9. The van der Waals surface area contributed by atoms with E-state index >= 15 is 0 Å². The van der Waals surface area contributed by atoms with E-state index in [0.29, 0.717) is 0 Å². The number of carbonyl (C=O) groups is 2. The predicted molar refractivity (Wildman–Crippen MR) is 80.9 cm³/mol. The van der Waals surface area contributed by atoms with Crippen LogP contribution in [0.1, 0.15) is 20.3 Å². The van der Waals surface area contributed by atoms with Crippen LogP contribution in [0.4, 0.5) is 0 Å². The van der Waals surface area contributed by atoms with Gasteiger partial charge in [-0.3, -0.25) is 4.79 Å². The molecule has 3 rings (SSSR count). The molecule has 1 amide bonds. The number of rotatable bonds is 5. The summed E-state index contributed by atoms with van der Waals surface area (Å²) in [5.74, 6) is -1.89. The molecule has 0 aliphatic carbocycles. The van der Waals surface area contributed by atoms with Crippen LogP contribution in [0.25, 0.3) is 0 Å². The van der Waals surface area contributed by atoms with Gasteiger partial charge in [0.15, 0.2) is 12.4 Å². The van der Waals surface area contributed by atoms with Crippen molar-refractivity contribution in [3.05, 3.63) is 41.9 Å². The SMILES string of the molecule is CC1=C(C(=O)O)N2C(=O)[C@H]([C@@H](C)O)[C@H]2[C@@H]1CC[n+]1ccccc1. The predicted octanol–water partition coefficient (Wildman–Crippen LogP) is 0.560. The average Bonchev–Trinajstić information content (AvgIpc) is 2.75. The van der Waals surface area contributed by atoms with Crippen LogP contribution in [0.5, 0.6) is 0 Å². The number of nitrogens with zero attached hydrogens (tertiary/aromatic N) is 2. The van der Waals surface area contributed by atoms with Crippen LogP contribution in [0.15, 0.2) is 41.9 Å². The smallest absolute Gasteiger partial charge is 0.352 e. The number of aliphatic hydroxyl groups is 1. The van der Waals surface area contributed by atoms with Crippen molar-refractivity contribution in [3.63, 3.8) is 0 Å². The first-order valence-electron chi connectivity index (χ1n) is 7.82. The molecule has 0 bridgehead atoms. The van der Waals surface area contributed by atoms with Gasteiger partial charge in [-0.1, -0.05) is 6.07 Å². The molecule has 6 nitrogen and oxygen atoms in total. The maximum Gasteiger partial charge on any atom is 0.352 e. The summed E-state index contributed by atoms with van der Waals surface area (Å²) in [5.41, 5.74) is 0.829. The number of aliphatic hydroxyl groups excluding tert-OH is 1. The Balaban J connectivity index is 1.85. The number of β-lactam (4-membered cyclic amide) rings is 1. The molecule has 6 heteroatoms. The Morgan fingerprint density at radius 1 is 1.35 bits per heavy atom. The fourth-order valence-corrected chi connectivity index (χ4v) is 3.87. The monoisotopic (exact) mass is 317 g/mol. The highest BCUT2D eigenvalue weighted by molar-refractivity contribution is 5.99. The van der Waals surface area contributed by atoms with Crippen LogP contribution in [0.2, 0.25) is 0 Å². The van der Waals surface area contributed by atoms with Gasteiger partial charge in [-0.05, 0) is 19.4 Å². The van der Waals surface area contributed by atoms with Gasteiger partial charge in [0, 0.05) is 24.5 Å². The van der Waals surface area contributed by atoms with Gasteiger partial charge in [0.1, 0.15) is 12.2 Å². The van der Waals surface area contributed by atoms with Gasteiger partial charge < -0.3 is 15.1 Å². The number of aryl methyl sites for hydroxylation is 1. The summed E-state index contributed by atoms with van der Waals surface area (Å²) in [4.78, 5) is 25.1. The third-order valence-corrected chi connectivity index (χ3v) is 4.97. The molecule has 1 fully saturated rings. The van der Waals surface area contributed by atoms with E-state index in [1.54, 1.807) is 13.8 Å². The summed E-state index contributed by atoms with van der Waals surface area (Å²) in [5, 5.41) is 19.3. The minimum atomic E-state index is -1.07. The maximum absolute atomic E-state index is 12.2. The number of carboxylic acid groups (broad SMARTS) is 1. The van der Waals surface area contributed by atoms with Gasteiger partial charge in [0.25, 0.3) is 0 Å². The molecule has 0 radical (unpaired) electrons. The second-order valence-electron chi connectivity index (χ2n) is 6.31. The van der Waals surface area contributed by atoms with Crippen molar-refractivity contribution in [2.75, 3.05) is 0 Å². The topological polar surface area (TPSA) is 81.7 Å². The zero-order valence-corrected chi connectivity index (χ0v) is 13.2. The fraction of sp³-hybridized carbons (Fsp3) is 0.471. The van der Waals surface area contributed by atoms with E-state index in [9.17, 15) is 19.8 Å². The standard InChI is InChI=1S/C17H20N2O4/c1-10-12(6-9-18-7-4-3-5-8-18)15-13(11(2)20)16(21)19(15)14(10)17(22)23/h3-5,7-8,11-13,15,20H,6,9H2,1-2H3/p+1/t11-,12-,13-,15-/m1/s1. The highest BCUT2D eigenvalue weighted by Gasteiger charge is 2.60. The number of carboxylic acids is 1. The van der Waals surface area contributed by atoms with E-state index < -0.39 is 18.0 Å². The molecule has 0 aromatic carbocycles. The van der Waals surface area contributed by atoms with Crippen molar-refractivity contribution in [2.45, 2.75) is 39.0 Å². The Labute approximate surface area is 134 Å². The Morgan fingerprint density at radius 3 is 2.57 bits per heavy atom. The Hall–Kier alpha value is -2.21. The zero-order valence-electron chi connectivity index (χ0n) is 13.2. The Kier molecular flexibility index (Phi) is 3.93. The fourth-order valence-electron chi connectivity index (χ4n) is 3.87. The van der Waals surface area contributed by atoms with Crippen molar-refractivity contribution in [3.8, 4) is 0 Å². The average molecular weight is 317 g/mol. The van der Waals surface area contributed by atoms with Crippen molar-refractivity contribution < 1.29 is 24.4 Å². The summed E-state index contributed by atoms with van der Waals surface area (Å²) in [6, 6.07) is 5.59. The lowest BCUT2D eigenvalue weighted by Gasteiger charge is -2.47. The number of amides is 1. The van der Waals surface area contributed by atoms with E-state index in [2.05, 4.69) is 0 Å². The molecule has 0 unspecified atom stereocenters. The van der Waals surface area contributed by atoms with Crippen molar-refractivity contribution in [2.24, 2.45) is 11.8 Å². The third kappa shape index (κ3) is 2.43. The number of aromatic nitrogens is 1. The lowest BCUT2D eigenvalue weighted by molar-refractivity contribution is -0.698. The molecule has 1 aromatic rings. The molecule has 2 aliphatic rings. The molecule has 2 aliphatic heterocycles. The van der Waals surface area contributed by atoms with Gasteiger partial charge in [0.2, 0.25) is 5.91 Å². The normalized spacial score (nSPS) is 27.7. The van der Waals surface area contributed by atoms with Crippen LogP contribution in [0.3, 0.4) is 0 Å². The lowest BCUT2D eigenvalue weighted by Crippen LogP contribution is -2.64. The molecule has 4 atom stereocenters. The van der Waals surface area contributed by atoms with Crippen LogP contribution in [-0.2, 0) is 16.1 Å². The molecule has 1 aromatic heterocycles. The lowest BCUT2D eigenvalue weighted by atomic mass is 9.76. The maximum atomic E-state index is 12.2. The number of fused-ring (bicyclic) bond motifs is 1. The van der Waals surface area contributed by atoms with Gasteiger partial charge >= 0.3 is 5.97 Å². The zero-order chi connectivity index (χ0) is 16.7. The minimum absolute atomic E-state index is 0.0360. The summed E-state index contributed by atoms with van der Waals surface area (Å²) in [6.45, 7) is 4.12. The first kappa shape index (κ1) is 15.7. The van der Waals surface area contributed by atoms with E-state index in [0.717, 1.165) is 18.5 Å². The molecule has 122 valence electrons. The second kappa shape index (κ2) is 5.77. The highest BCUT2D eigenvalue weighted by atomic mass is 16.4. The summed E-state index contributed by atoms with van der Waals surface area (Å²) < 4.78 is 2.04. The van der Waals surface area contributed by atoms with Crippen molar-refractivity contribution in [1.29, 1.82) is 0 Å². The minimum Gasteiger partial charge on any atom is -0.477 e. The number of carbonyl (C=O) groups excluding carboxylic acids is 1. The van der Waals surface area contributed by atoms with Crippen LogP contribution in [0, 0.1) is 11.8 Å². The summed E-state index contributed by atoms with van der Waals surface area (Å²) in [7, 11) is 0. The Morgan fingerprint density at radius 2 is 2.00 bits per heavy atom. The van der Waals surface area contributed by atoms with E-state index in [1.807, 2.05) is 35.2 Å². The van der Waals surface area contributed by atoms with Gasteiger partial charge in [-0.15, -0.1) is 0 Å². The van der Waals surface area contributed by atoms with E-state index in [1.165, 1.54) is 4.90 Å². The largest absolute Gasteiger partial charge is 0.477 e. The first-order valence-corrected chi connectivity index (χ1v) is 7.82. The van der Waals surface area contributed by atoms with Gasteiger partial charge in [0.05, 0.1) is 18.1 Å². The number of pyridine rings is 1. The van der Waals surface area contributed by atoms with Crippen LogP contribution >= 0.6 is 0 Å². The summed E-state index contributed by atoms with van der Waals surface area (Å²) in [6.07, 6.45) is 3.88. The number of hydrogen-bond acceptors (Lipinski definition) is 3. The third-order valence-electron chi connectivity index (χ3n) is 4.97. The van der Waals surface area contributed by atoms with Gasteiger partial charge in [-0.25, -0.2) is 9.36 Å². The van der Waals surface area contributed by atoms with E-state index in [4.69, 9.17) is 0 Å². The highest BCUT2D eigenvalue weighted by Crippen LogP contribution is 2.48. The van der Waals surface area contributed by atoms with Crippen molar-refractivity contribution in [1.82, 2.24) is 4.90 Å². The van der Waals surface area contributed by atoms with Crippen LogP contribution in [-0.4, -0.2) is 39.1 Å². The number of hydrogen-bond donors (Lipinski definition) is 2. The molecular formula is C17H21N2O4+. The molecular weight excluding hydrogens is 296 g/mol. The molecule has 1 saturated heterocycles. The number of aliphatic carboxylic acids is 1. The molecule has 2 N–H and O–H groups in total. The second-order valence-corrected chi connectivity index (χ2v) is 6.31. The van der Waals surface area contributed by atoms with Crippen LogP contribution < -0.4 is 4.57 Å². The van der Waals surface area contributed by atoms with E-state index in [-0.39, 0.29) is 23.6 Å².